The molecular formula is C12H25NO. The van der Waals surface area contributed by atoms with Crippen molar-refractivity contribution in [1.29, 1.82) is 0 Å². The van der Waals surface area contributed by atoms with Gasteiger partial charge in [-0.05, 0) is 25.7 Å². The molecule has 1 N–H and O–H groups in total. The summed E-state index contributed by atoms with van der Waals surface area (Å²) in [6.45, 7) is 8.45. The van der Waals surface area contributed by atoms with Crippen molar-refractivity contribution < 1.29 is 4.74 Å². The highest BCUT2D eigenvalue weighted by Gasteiger charge is 2.16. The zero-order valence-electron chi connectivity index (χ0n) is 9.88. The van der Waals surface area contributed by atoms with Gasteiger partial charge < -0.3 is 10.1 Å². The summed E-state index contributed by atoms with van der Waals surface area (Å²) in [6, 6.07) is 0.563. The van der Waals surface area contributed by atoms with Crippen LogP contribution in [0.4, 0.5) is 0 Å². The second-order valence-electron chi connectivity index (χ2n) is 4.86. The summed E-state index contributed by atoms with van der Waals surface area (Å²) in [5.41, 5.74) is 0. The van der Waals surface area contributed by atoms with Crippen molar-refractivity contribution in [2.75, 3.05) is 13.2 Å². The van der Waals surface area contributed by atoms with Gasteiger partial charge in [0.05, 0.1) is 6.10 Å². The maximum Gasteiger partial charge on any atom is 0.0671 e. The molecule has 0 saturated heterocycles. The van der Waals surface area contributed by atoms with Gasteiger partial charge in [0.25, 0.3) is 0 Å². The maximum atomic E-state index is 5.81. The van der Waals surface area contributed by atoms with Crippen LogP contribution >= 0.6 is 0 Å². The largest absolute Gasteiger partial charge is 0.377 e. The normalized spacial score (nSPS) is 20.6. The van der Waals surface area contributed by atoms with Gasteiger partial charge in [0.15, 0.2) is 0 Å². The summed E-state index contributed by atoms with van der Waals surface area (Å²) in [6.07, 6.45) is 5.94. The topological polar surface area (TPSA) is 21.3 Å². The summed E-state index contributed by atoms with van der Waals surface area (Å²) in [7, 11) is 0. The summed E-state index contributed by atoms with van der Waals surface area (Å²) in [5.74, 6) is 0.844. The Morgan fingerprint density at radius 1 is 1.21 bits per heavy atom. The molecule has 0 heterocycles. The minimum absolute atomic E-state index is 0.359. The Bertz CT molecular complexity index is 141. The van der Waals surface area contributed by atoms with Crippen molar-refractivity contribution in [2.24, 2.45) is 5.92 Å². The van der Waals surface area contributed by atoms with E-state index in [0.29, 0.717) is 12.1 Å². The van der Waals surface area contributed by atoms with Crippen LogP contribution in [0.1, 0.15) is 46.5 Å². The first-order valence-corrected chi connectivity index (χ1v) is 6.03. The third-order valence-corrected chi connectivity index (χ3v) is 2.90. The molecule has 1 aliphatic carbocycles. The molecule has 2 nitrogen and oxygen atoms in total. The van der Waals surface area contributed by atoms with E-state index in [1.54, 1.807) is 0 Å². The van der Waals surface area contributed by atoms with Gasteiger partial charge in [-0.25, -0.2) is 0 Å². The van der Waals surface area contributed by atoms with Crippen LogP contribution in [0, 0.1) is 5.92 Å². The molecule has 1 atom stereocenters. The van der Waals surface area contributed by atoms with E-state index in [4.69, 9.17) is 4.74 Å². The molecule has 1 fully saturated rings. The predicted molar refractivity (Wildman–Crippen MR) is 60.5 cm³/mol. The molecule has 1 rings (SSSR count). The van der Waals surface area contributed by atoms with Crippen LogP contribution in [-0.4, -0.2) is 25.3 Å². The molecule has 2 heteroatoms. The second kappa shape index (κ2) is 6.41. The molecule has 0 amide bonds. The van der Waals surface area contributed by atoms with Gasteiger partial charge >= 0.3 is 0 Å². The number of hydrogen-bond acceptors (Lipinski definition) is 2. The lowest BCUT2D eigenvalue weighted by Gasteiger charge is -2.18. The SMILES string of the molecule is CC(C)NCC(C)OCC1CCCC1. The molecule has 84 valence electrons. The van der Waals surface area contributed by atoms with E-state index in [2.05, 4.69) is 26.1 Å². The van der Waals surface area contributed by atoms with Crippen molar-refractivity contribution in [2.45, 2.75) is 58.6 Å². The molecule has 0 radical (unpaired) electrons. The van der Waals surface area contributed by atoms with Crippen LogP contribution in [0.15, 0.2) is 0 Å². The van der Waals surface area contributed by atoms with Gasteiger partial charge in [-0.3, -0.25) is 0 Å². The molecule has 1 unspecified atom stereocenters. The lowest BCUT2D eigenvalue weighted by atomic mass is 10.1. The van der Waals surface area contributed by atoms with Crippen LogP contribution in [-0.2, 0) is 4.74 Å². The first-order chi connectivity index (χ1) is 6.68. The van der Waals surface area contributed by atoms with Gasteiger partial charge in [0, 0.05) is 19.2 Å². The third-order valence-electron chi connectivity index (χ3n) is 2.90. The molecule has 0 aromatic heterocycles. The monoisotopic (exact) mass is 199 g/mol. The molecule has 0 aromatic rings. The Morgan fingerprint density at radius 3 is 2.43 bits per heavy atom. The fourth-order valence-corrected chi connectivity index (χ4v) is 1.94. The van der Waals surface area contributed by atoms with E-state index in [1.165, 1.54) is 25.7 Å². The van der Waals surface area contributed by atoms with Crippen molar-refractivity contribution in [1.82, 2.24) is 5.32 Å². The lowest BCUT2D eigenvalue weighted by Crippen LogP contribution is -2.32. The van der Waals surface area contributed by atoms with Crippen LogP contribution < -0.4 is 5.32 Å². The first kappa shape index (κ1) is 12.0. The summed E-state index contributed by atoms with van der Waals surface area (Å²) < 4.78 is 5.81. The van der Waals surface area contributed by atoms with Crippen molar-refractivity contribution in [3.05, 3.63) is 0 Å². The average molecular weight is 199 g/mol. The standard InChI is InChI=1S/C12H25NO/c1-10(2)13-8-11(3)14-9-12-6-4-5-7-12/h10-13H,4-9H2,1-3H3. The van der Waals surface area contributed by atoms with Crippen molar-refractivity contribution in [3.63, 3.8) is 0 Å². The molecule has 1 aliphatic rings. The Hall–Kier alpha value is -0.0800. The fourth-order valence-electron chi connectivity index (χ4n) is 1.94. The number of rotatable bonds is 6. The summed E-state index contributed by atoms with van der Waals surface area (Å²) >= 11 is 0. The highest BCUT2D eigenvalue weighted by molar-refractivity contribution is 4.67. The number of hydrogen-bond donors (Lipinski definition) is 1. The Labute approximate surface area is 88.4 Å². The van der Waals surface area contributed by atoms with E-state index < -0.39 is 0 Å². The van der Waals surface area contributed by atoms with E-state index in [9.17, 15) is 0 Å². The van der Waals surface area contributed by atoms with Crippen LogP contribution in [0.5, 0.6) is 0 Å². The molecule has 1 saturated carbocycles. The first-order valence-electron chi connectivity index (χ1n) is 6.03. The minimum Gasteiger partial charge on any atom is -0.377 e. The smallest absolute Gasteiger partial charge is 0.0671 e. The minimum atomic E-state index is 0.359. The summed E-state index contributed by atoms with van der Waals surface area (Å²) in [5, 5.41) is 3.40. The highest BCUT2D eigenvalue weighted by atomic mass is 16.5. The van der Waals surface area contributed by atoms with E-state index >= 15 is 0 Å². The highest BCUT2D eigenvalue weighted by Crippen LogP contribution is 2.24. The Balaban J connectivity index is 1.99. The predicted octanol–water partition coefficient (Wildman–Crippen LogP) is 2.58. The third kappa shape index (κ3) is 4.97. The quantitative estimate of drug-likeness (QED) is 0.710. The Morgan fingerprint density at radius 2 is 1.86 bits per heavy atom. The van der Waals surface area contributed by atoms with Crippen molar-refractivity contribution >= 4 is 0 Å². The number of ether oxygens (including phenoxy) is 1. The van der Waals surface area contributed by atoms with Gasteiger partial charge in [-0.15, -0.1) is 0 Å². The fraction of sp³-hybridized carbons (Fsp3) is 1.00. The van der Waals surface area contributed by atoms with E-state index in [-0.39, 0.29) is 0 Å². The average Bonchev–Trinajstić information content (AvgIpc) is 2.63. The van der Waals surface area contributed by atoms with Gasteiger partial charge in [0.2, 0.25) is 0 Å². The van der Waals surface area contributed by atoms with Crippen LogP contribution in [0.3, 0.4) is 0 Å². The van der Waals surface area contributed by atoms with E-state index in [1.807, 2.05) is 0 Å². The van der Waals surface area contributed by atoms with Crippen molar-refractivity contribution in [3.8, 4) is 0 Å². The molecule has 0 spiro atoms. The molecule has 0 aromatic carbocycles. The lowest BCUT2D eigenvalue weighted by molar-refractivity contribution is 0.0407. The van der Waals surface area contributed by atoms with E-state index in [0.717, 1.165) is 19.1 Å². The number of nitrogens with one attached hydrogen (secondary N) is 1. The van der Waals surface area contributed by atoms with Crippen LogP contribution in [0.25, 0.3) is 0 Å². The molecule has 0 bridgehead atoms. The Kier molecular flexibility index (Phi) is 5.49. The molecule has 0 aliphatic heterocycles. The van der Waals surface area contributed by atoms with Gasteiger partial charge in [0.1, 0.15) is 0 Å². The van der Waals surface area contributed by atoms with Gasteiger partial charge in [-0.2, -0.15) is 0 Å². The zero-order valence-corrected chi connectivity index (χ0v) is 9.88. The zero-order chi connectivity index (χ0) is 10.4. The van der Waals surface area contributed by atoms with Gasteiger partial charge in [-0.1, -0.05) is 26.7 Å². The molecular weight excluding hydrogens is 174 g/mol. The van der Waals surface area contributed by atoms with Crippen LogP contribution in [0.2, 0.25) is 0 Å². The molecule has 14 heavy (non-hydrogen) atoms. The maximum absolute atomic E-state index is 5.81. The summed E-state index contributed by atoms with van der Waals surface area (Å²) in [4.78, 5) is 0. The second-order valence-corrected chi connectivity index (χ2v) is 4.86.